The van der Waals surface area contributed by atoms with Crippen LogP contribution >= 0.6 is 45.2 Å². The van der Waals surface area contributed by atoms with Gasteiger partial charge in [0.2, 0.25) is 0 Å². The monoisotopic (exact) mass is 737 g/mol. The largest absolute Gasteiger partial charge is 0.487 e. The van der Waals surface area contributed by atoms with Crippen LogP contribution in [0.15, 0.2) is 114 Å². The quantitative estimate of drug-likeness (QED) is 0.0998. The zero-order valence-electron chi connectivity index (χ0n) is 21.1. The average Bonchev–Trinajstić information content (AvgIpc) is 3.35. The summed E-state index contributed by atoms with van der Waals surface area (Å²) < 4.78 is 10.2. The Morgan fingerprint density at radius 3 is 2.18 bits per heavy atom. The Morgan fingerprint density at radius 2 is 1.51 bits per heavy atom. The van der Waals surface area contributed by atoms with Crippen molar-refractivity contribution in [3.8, 4) is 22.7 Å². The summed E-state index contributed by atoms with van der Waals surface area (Å²) in [5.41, 5.74) is 9.53. The molecular weight excluding hydrogens is 712 g/mol. The van der Waals surface area contributed by atoms with Crippen LogP contribution in [0, 0.1) is 14.1 Å². The van der Waals surface area contributed by atoms with Gasteiger partial charge in [0.05, 0.1) is 19.0 Å². The molecule has 5 aromatic rings. The summed E-state index contributed by atoms with van der Waals surface area (Å²) in [6, 6.07) is 36.1. The summed E-state index contributed by atoms with van der Waals surface area (Å²) >= 11 is 4.53. The first-order chi connectivity index (χ1) is 19.0. The lowest BCUT2D eigenvalue weighted by Gasteiger charge is -2.13. The van der Waals surface area contributed by atoms with E-state index in [9.17, 15) is 4.79 Å². The molecule has 0 saturated heterocycles. The fraction of sp³-hybridized carbons (Fsp3) is 0.0625. The normalized spacial score (nSPS) is 11.1. The van der Waals surface area contributed by atoms with Crippen molar-refractivity contribution in [1.82, 2.24) is 9.99 Å². The molecule has 0 unspecified atom stereocenters. The number of halogens is 2. The zero-order valence-corrected chi connectivity index (χ0v) is 25.5. The Hall–Kier alpha value is -3.44. The third-order valence-electron chi connectivity index (χ3n) is 6.16. The van der Waals surface area contributed by atoms with E-state index in [-0.39, 0.29) is 5.91 Å². The van der Waals surface area contributed by atoms with Crippen molar-refractivity contribution in [2.45, 2.75) is 13.5 Å². The number of aryl methyl sites for hydroxylation is 1. The predicted molar refractivity (Wildman–Crippen MR) is 174 cm³/mol. The number of amides is 1. The number of benzene rings is 4. The Bertz CT molecular complexity index is 1590. The molecule has 5 nitrogen and oxygen atoms in total. The number of nitrogens with one attached hydrogen (secondary N) is 1. The van der Waals surface area contributed by atoms with E-state index in [0.29, 0.717) is 12.2 Å². The first-order valence-electron chi connectivity index (χ1n) is 12.3. The maximum atomic E-state index is 12.7. The van der Waals surface area contributed by atoms with Crippen LogP contribution in [0.25, 0.3) is 16.9 Å². The van der Waals surface area contributed by atoms with Gasteiger partial charge in [0.15, 0.2) is 0 Å². The molecule has 0 aliphatic rings. The summed E-state index contributed by atoms with van der Waals surface area (Å²) in [7, 11) is 0. The van der Waals surface area contributed by atoms with Gasteiger partial charge in [-0.15, -0.1) is 0 Å². The Morgan fingerprint density at radius 1 is 0.872 bits per heavy atom. The van der Waals surface area contributed by atoms with Gasteiger partial charge in [0.25, 0.3) is 5.91 Å². The molecule has 0 radical (unpaired) electrons. The molecule has 0 saturated carbocycles. The Balaban J connectivity index is 1.24. The van der Waals surface area contributed by atoms with Crippen LogP contribution in [0.2, 0.25) is 0 Å². The van der Waals surface area contributed by atoms with E-state index in [1.807, 2.05) is 84.9 Å². The van der Waals surface area contributed by atoms with Crippen LogP contribution in [-0.2, 0) is 6.61 Å². The first-order valence-corrected chi connectivity index (χ1v) is 14.5. The molecule has 7 heteroatoms. The van der Waals surface area contributed by atoms with Gasteiger partial charge < -0.3 is 9.30 Å². The summed E-state index contributed by atoms with van der Waals surface area (Å²) in [6.07, 6.45) is 1.65. The van der Waals surface area contributed by atoms with E-state index >= 15 is 0 Å². The number of rotatable bonds is 8. The number of carbonyl (C=O) groups excluding carboxylic acids is 1. The smallest absolute Gasteiger partial charge is 0.271 e. The molecule has 39 heavy (non-hydrogen) atoms. The SMILES string of the molecule is Cc1ccc(-c2ccccc2)n1-c1ccc(C(=O)N/N=C/c2cc(I)c(OCc3ccccc3)c(I)c2)cc1. The predicted octanol–water partition coefficient (Wildman–Crippen LogP) is 8.00. The lowest BCUT2D eigenvalue weighted by Crippen LogP contribution is -2.17. The van der Waals surface area contributed by atoms with Gasteiger partial charge in [-0.3, -0.25) is 4.79 Å². The number of hydrogen-bond acceptors (Lipinski definition) is 3. The van der Waals surface area contributed by atoms with Gasteiger partial charge in [0, 0.05) is 16.9 Å². The van der Waals surface area contributed by atoms with Crippen LogP contribution in [0.4, 0.5) is 0 Å². The van der Waals surface area contributed by atoms with Crippen molar-refractivity contribution in [1.29, 1.82) is 0 Å². The van der Waals surface area contributed by atoms with Crippen molar-refractivity contribution in [3.63, 3.8) is 0 Å². The summed E-state index contributed by atoms with van der Waals surface area (Å²) in [4.78, 5) is 12.7. The second-order valence-electron chi connectivity index (χ2n) is 8.90. The number of aromatic nitrogens is 1. The van der Waals surface area contributed by atoms with Gasteiger partial charge in [0.1, 0.15) is 12.4 Å². The minimum atomic E-state index is -0.266. The second-order valence-corrected chi connectivity index (χ2v) is 11.2. The molecule has 0 fully saturated rings. The van der Waals surface area contributed by atoms with E-state index in [1.165, 1.54) is 0 Å². The van der Waals surface area contributed by atoms with E-state index < -0.39 is 0 Å². The molecule has 1 N–H and O–H groups in total. The highest BCUT2D eigenvalue weighted by Crippen LogP contribution is 2.29. The van der Waals surface area contributed by atoms with Crippen molar-refractivity contribution >= 4 is 57.3 Å². The summed E-state index contributed by atoms with van der Waals surface area (Å²) in [5, 5.41) is 4.19. The number of carbonyl (C=O) groups is 1. The van der Waals surface area contributed by atoms with Crippen LogP contribution < -0.4 is 10.2 Å². The van der Waals surface area contributed by atoms with Crippen LogP contribution in [0.3, 0.4) is 0 Å². The van der Waals surface area contributed by atoms with Gasteiger partial charge in [-0.05, 0) is 117 Å². The van der Waals surface area contributed by atoms with Crippen molar-refractivity contribution < 1.29 is 9.53 Å². The first kappa shape index (κ1) is 27.1. The van der Waals surface area contributed by atoms with E-state index in [2.05, 4.69) is 91.5 Å². The molecule has 1 heterocycles. The molecule has 0 atom stereocenters. The lowest BCUT2D eigenvalue weighted by molar-refractivity contribution is 0.0955. The third kappa shape index (κ3) is 6.59. The molecule has 194 valence electrons. The maximum absolute atomic E-state index is 12.7. The van der Waals surface area contributed by atoms with Crippen LogP contribution in [0.1, 0.15) is 27.2 Å². The number of ether oxygens (including phenoxy) is 1. The second kappa shape index (κ2) is 12.6. The molecule has 4 aromatic carbocycles. The standard InChI is InChI=1S/C32H25I2N3O2/c1-22-12-17-30(25-10-6-3-7-11-25)37(22)27-15-13-26(14-16-27)32(38)36-35-20-24-18-28(33)31(29(34)19-24)39-21-23-8-4-2-5-9-23/h2-20H,21H2,1H3,(H,36,38)/b35-20+. The number of nitrogens with zero attached hydrogens (tertiary/aromatic N) is 2. The molecule has 0 aliphatic heterocycles. The van der Waals surface area contributed by atoms with Crippen molar-refractivity contribution in [2.75, 3.05) is 0 Å². The molecule has 0 bridgehead atoms. The van der Waals surface area contributed by atoms with Crippen molar-refractivity contribution in [2.24, 2.45) is 5.10 Å². The van der Waals surface area contributed by atoms with Gasteiger partial charge in [-0.25, -0.2) is 5.43 Å². The molecule has 0 aliphatic carbocycles. The highest BCUT2D eigenvalue weighted by molar-refractivity contribution is 14.1. The van der Waals surface area contributed by atoms with Crippen LogP contribution in [0.5, 0.6) is 5.75 Å². The Labute approximate surface area is 255 Å². The highest BCUT2D eigenvalue weighted by Gasteiger charge is 2.12. The molecule has 0 spiro atoms. The van der Waals surface area contributed by atoms with Crippen molar-refractivity contribution in [3.05, 3.63) is 139 Å². The van der Waals surface area contributed by atoms with E-state index in [0.717, 1.165) is 46.7 Å². The molecular formula is C32H25I2N3O2. The Kier molecular flexibility index (Phi) is 8.77. The van der Waals surface area contributed by atoms with Crippen LogP contribution in [-0.4, -0.2) is 16.7 Å². The van der Waals surface area contributed by atoms with Gasteiger partial charge in [-0.2, -0.15) is 5.10 Å². The topological polar surface area (TPSA) is 55.6 Å². The highest BCUT2D eigenvalue weighted by atomic mass is 127. The zero-order chi connectivity index (χ0) is 27.2. The summed E-state index contributed by atoms with van der Waals surface area (Å²) in [6.45, 7) is 2.58. The maximum Gasteiger partial charge on any atom is 0.271 e. The molecule has 5 rings (SSSR count). The minimum absolute atomic E-state index is 0.266. The fourth-order valence-corrected chi connectivity index (χ4v) is 6.36. The summed E-state index contributed by atoms with van der Waals surface area (Å²) in [5.74, 6) is 0.576. The van der Waals surface area contributed by atoms with E-state index in [1.54, 1.807) is 6.21 Å². The minimum Gasteiger partial charge on any atom is -0.487 e. The third-order valence-corrected chi connectivity index (χ3v) is 7.76. The molecule has 1 amide bonds. The average molecular weight is 737 g/mol. The van der Waals surface area contributed by atoms with Gasteiger partial charge >= 0.3 is 0 Å². The number of hydrazone groups is 1. The fourth-order valence-electron chi connectivity index (χ4n) is 4.23. The lowest BCUT2D eigenvalue weighted by atomic mass is 10.1. The molecule has 1 aromatic heterocycles. The van der Waals surface area contributed by atoms with E-state index in [4.69, 9.17) is 4.74 Å². The number of hydrogen-bond donors (Lipinski definition) is 1. The van der Waals surface area contributed by atoms with Gasteiger partial charge in [-0.1, -0.05) is 60.7 Å².